The van der Waals surface area contributed by atoms with Crippen LogP contribution in [0.4, 0.5) is 0 Å². The van der Waals surface area contributed by atoms with E-state index in [0.29, 0.717) is 17.1 Å². The number of fused-ring (bicyclic) bond motifs is 1. The van der Waals surface area contributed by atoms with Crippen molar-refractivity contribution in [1.29, 1.82) is 0 Å². The Balaban J connectivity index is 1.92. The highest BCUT2D eigenvalue weighted by Gasteiger charge is 2.28. The molecule has 0 radical (unpaired) electrons. The molecule has 3 rings (SSSR count). The third-order valence-corrected chi connectivity index (χ3v) is 3.89. The molecule has 24 heavy (non-hydrogen) atoms. The van der Waals surface area contributed by atoms with Gasteiger partial charge in [-0.1, -0.05) is 12.1 Å². The van der Waals surface area contributed by atoms with Crippen LogP contribution in [0.2, 0.25) is 0 Å². The van der Waals surface area contributed by atoms with Crippen molar-refractivity contribution in [1.82, 2.24) is 15.3 Å². The maximum Gasteiger partial charge on any atom is 0.287 e. The number of hydrogen-bond donors (Lipinski definition) is 2. The molecule has 1 aromatic carbocycles. The Bertz CT molecular complexity index is 983. The van der Waals surface area contributed by atoms with E-state index in [2.05, 4.69) is 15.3 Å². The Morgan fingerprint density at radius 1 is 1.25 bits per heavy atom. The van der Waals surface area contributed by atoms with Gasteiger partial charge in [0.2, 0.25) is 0 Å². The van der Waals surface area contributed by atoms with E-state index in [-0.39, 0.29) is 17.2 Å². The van der Waals surface area contributed by atoms with Crippen molar-refractivity contribution in [3.05, 3.63) is 63.5 Å². The second-order valence-electron chi connectivity index (χ2n) is 6.41. The Morgan fingerprint density at radius 3 is 2.67 bits per heavy atom. The molecule has 124 valence electrons. The SMILES string of the molecule is Cc1cc(=O)[nH]c(C(C)(C)NC(=O)c2cc3c(C)cccc3o2)n1. The molecule has 0 aliphatic carbocycles. The predicted octanol–water partition coefficient (Wildman–Crippen LogP) is 2.80. The molecule has 6 nitrogen and oxygen atoms in total. The first-order chi connectivity index (χ1) is 11.3. The van der Waals surface area contributed by atoms with Crippen LogP contribution in [0.3, 0.4) is 0 Å². The average Bonchev–Trinajstić information content (AvgIpc) is 2.91. The maximum absolute atomic E-state index is 12.6. The van der Waals surface area contributed by atoms with Crippen LogP contribution in [0.15, 0.2) is 39.5 Å². The Hall–Kier alpha value is -2.89. The summed E-state index contributed by atoms with van der Waals surface area (Å²) in [5.41, 5.74) is 1.20. The van der Waals surface area contributed by atoms with E-state index < -0.39 is 5.54 Å². The lowest BCUT2D eigenvalue weighted by atomic mass is 10.0. The summed E-state index contributed by atoms with van der Waals surface area (Å²) in [6.07, 6.45) is 0. The van der Waals surface area contributed by atoms with Gasteiger partial charge in [0.25, 0.3) is 11.5 Å². The number of aromatic amines is 1. The molecule has 2 N–H and O–H groups in total. The van der Waals surface area contributed by atoms with Crippen LogP contribution in [-0.4, -0.2) is 15.9 Å². The zero-order valence-electron chi connectivity index (χ0n) is 14.1. The summed E-state index contributed by atoms with van der Waals surface area (Å²) >= 11 is 0. The standard InChI is InChI=1S/C18H19N3O3/c1-10-6-5-7-13-12(10)9-14(24-13)16(23)21-18(3,4)17-19-11(2)8-15(22)20-17/h5-9H,1-4H3,(H,21,23)(H,19,20,22). The fourth-order valence-electron chi connectivity index (χ4n) is 2.60. The smallest absolute Gasteiger partial charge is 0.287 e. The summed E-state index contributed by atoms with van der Waals surface area (Å²) in [6.45, 7) is 7.25. The number of hydrogen-bond acceptors (Lipinski definition) is 4. The average molecular weight is 325 g/mol. The van der Waals surface area contributed by atoms with Gasteiger partial charge >= 0.3 is 0 Å². The van der Waals surface area contributed by atoms with Crippen LogP contribution in [0.25, 0.3) is 11.0 Å². The van der Waals surface area contributed by atoms with Crippen LogP contribution in [0.5, 0.6) is 0 Å². The van der Waals surface area contributed by atoms with Gasteiger partial charge in [-0.25, -0.2) is 4.98 Å². The van der Waals surface area contributed by atoms with Gasteiger partial charge in [-0.3, -0.25) is 9.59 Å². The number of aromatic nitrogens is 2. The molecule has 3 aromatic rings. The molecule has 0 aliphatic rings. The molecule has 1 amide bonds. The molecule has 0 unspecified atom stereocenters. The topological polar surface area (TPSA) is 88.0 Å². The van der Waals surface area contributed by atoms with E-state index >= 15 is 0 Å². The van der Waals surface area contributed by atoms with Crippen LogP contribution in [-0.2, 0) is 5.54 Å². The van der Waals surface area contributed by atoms with E-state index in [1.165, 1.54) is 6.07 Å². The summed E-state index contributed by atoms with van der Waals surface area (Å²) in [6, 6.07) is 8.80. The summed E-state index contributed by atoms with van der Waals surface area (Å²) in [7, 11) is 0. The first kappa shape index (κ1) is 16.0. The highest BCUT2D eigenvalue weighted by Crippen LogP contribution is 2.23. The molecule has 2 aromatic heterocycles. The minimum atomic E-state index is -0.851. The number of carbonyl (C=O) groups excluding carboxylic acids is 1. The highest BCUT2D eigenvalue weighted by atomic mass is 16.3. The lowest BCUT2D eigenvalue weighted by molar-refractivity contribution is 0.0881. The van der Waals surface area contributed by atoms with Crippen molar-refractivity contribution in [2.45, 2.75) is 33.2 Å². The molecule has 6 heteroatoms. The fraction of sp³-hybridized carbons (Fsp3) is 0.278. The van der Waals surface area contributed by atoms with Crippen LogP contribution in [0, 0.1) is 13.8 Å². The normalized spacial score (nSPS) is 11.7. The number of furan rings is 1. The van der Waals surface area contributed by atoms with E-state index in [1.807, 2.05) is 25.1 Å². The molecule has 0 aliphatic heterocycles. The second-order valence-corrected chi connectivity index (χ2v) is 6.41. The maximum atomic E-state index is 12.6. The van der Waals surface area contributed by atoms with Crippen LogP contribution >= 0.6 is 0 Å². The Morgan fingerprint density at radius 2 is 2.00 bits per heavy atom. The van der Waals surface area contributed by atoms with Gasteiger partial charge in [-0.05, 0) is 45.4 Å². The van der Waals surface area contributed by atoms with Crippen molar-refractivity contribution in [2.75, 3.05) is 0 Å². The summed E-state index contributed by atoms with van der Waals surface area (Å²) < 4.78 is 5.64. The van der Waals surface area contributed by atoms with Gasteiger partial charge in [0.15, 0.2) is 5.76 Å². The molecule has 0 spiro atoms. The predicted molar refractivity (Wildman–Crippen MR) is 91.0 cm³/mol. The van der Waals surface area contributed by atoms with Gasteiger partial charge in [-0.15, -0.1) is 0 Å². The molecule has 0 bridgehead atoms. The number of nitrogens with zero attached hydrogens (tertiary/aromatic N) is 1. The molecule has 0 atom stereocenters. The van der Waals surface area contributed by atoms with E-state index in [1.54, 1.807) is 26.8 Å². The van der Waals surface area contributed by atoms with E-state index in [4.69, 9.17) is 4.42 Å². The lowest BCUT2D eigenvalue weighted by Gasteiger charge is -2.24. The molecule has 2 heterocycles. The third kappa shape index (κ3) is 2.95. The summed E-state index contributed by atoms with van der Waals surface area (Å²) in [5, 5.41) is 3.76. The molecule has 0 fully saturated rings. The highest BCUT2D eigenvalue weighted by molar-refractivity contribution is 5.97. The van der Waals surface area contributed by atoms with Gasteiger partial charge in [0, 0.05) is 17.1 Å². The minimum Gasteiger partial charge on any atom is -0.451 e. The number of nitrogens with one attached hydrogen (secondary N) is 2. The molecule has 0 saturated heterocycles. The zero-order valence-corrected chi connectivity index (χ0v) is 14.1. The minimum absolute atomic E-state index is 0.224. The number of aryl methyl sites for hydroxylation is 2. The van der Waals surface area contributed by atoms with Gasteiger partial charge in [0.05, 0.1) is 5.54 Å². The molecular weight excluding hydrogens is 306 g/mol. The number of rotatable bonds is 3. The second kappa shape index (κ2) is 5.63. The molecule has 0 saturated carbocycles. The first-order valence-electron chi connectivity index (χ1n) is 7.66. The van der Waals surface area contributed by atoms with E-state index in [9.17, 15) is 9.59 Å². The first-order valence-corrected chi connectivity index (χ1v) is 7.66. The van der Waals surface area contributed by atoms with Crippen molar-refractivity contribution < 1.29 is 9.21 Å². The fourth-order valence-corrected chi connectivity index (χ4v) is 2.60. The number of H-pyrrole nitrogens is 1. The molecular formula is C18H19N3O3. The monoisotopic (exact) mass is 325 g/mol. The van der Waals surface area contributed by atoms with Crippen molar-refractivity contribution in [2.24, 2.45) is 0 Å². The van der Waals surface area contributed by atoms with Gasteiger partial charge < -0.3 is 14.7 Å². The van der Waals surface area contributed by atoms with Crippen molar-refractivity contribution in [3.8, 4) is 0 Å². The summed E-state index contributed by atoms with van der Waals surface area (Å²) in [5.74, 6) is 0.260. The third-order valence-electron chi connectivity index (χ3n) is 3.89. The number of benzene rings is 1. The van der Waals surface area contributed by atoms with Gasteiger partial charge in [0.1, 0.15) is 11.4 Å². The largest absolute Gasteiger partial charge is 0.451 e. The zero-order chi connectivity index (χ0) is 17.5. The Kier molecular flexibility index (Phi) is 3.75. The Labute approximate surface area is 138 Å². The van der Waals surface area contributed by atoms with Crippen LogP contribution < -0.4 is 10.9 Å². The van der Waals surface area contributed by atoms with Crippen molar-refractivity contribution in [3.63, 3.8) is 0 Å². The number of amides is 1. The van der Waals surface area contributed by atoms with Crippen molar-refractivity contribution >= 4 is 16.9 Å². The van der Waals surface area contributed by atoms with E-state index in [0.717, 1.165) is 10.9 Å². The number of carbonyl (C=O) groups is 1. The van der Waals surface area contributed by atoms with Gasteiger partial charge in [-0.2, -0.15) is 0 Å². The quantitative estimate of drug-likeness (QED) is 0.775. The summed E-state index contributed by atoms with van der Waals surface area (Å²) in [4.78, 5) is 31.2. The van der Waals surface area contributed by atoms with Crippen LogP contribution in [0.1, 0.15) is 41.5 Å². The lowest BCUT2D eigenvalue weighted by Crippen LogP contribution is -2.43.